The van der Waals surface area contributed by atoms with Crippen LogP contribution in [0.25, 0.3) is 0 Å². The van der Waals surface area contributed by atoms with Crippen LogP contribution in [0, 0.1) is 25.7 Å². The normalized spacial score (nSPS) is 22.5. The lowest BCUT2D eigenvalue weighted by atomic mass is 9.94. The minimum atomic E-state index is -3.53. The van der Waals surface area contributed by atoms with Crippen LogP contribution in [0.15, 0.2) is 17.0 Å². The van der Waals surface area contributed by atoms with E-state index in [1.165, 1.54) is 0 Å². The summed E-state index contributed by atoms with van der Waals surface area (Å²) >= 11 is 0. The Bertz CT molecular complexity index is 659. The molecule has 0 unspecified atom stereocenters. The SMILES string of the molecule is CCCCOc1cc(C)c(C)cc1S(=O)(=O)N1C[C@H](C)C[C@@H](C)C1. The first-order valence-electron chi connectivity index (χ1n) is 8.99. The van der Waals surface area contributed by atoms with Crippen molar-refractivity contribution in [3.05, 3.63) is 23.3 Å². The van der Waals surface area contributed by atoms with Crippen molar-refractivity contribution in [2.75, 3.05) is 19.7 Å². The van der Waals surface area contributed by atoms with Gasteiger partial charge in [0.15, 0.2) is 0 Å². The summed E-state index contributed by atoms with van der Waals surface area (Å²) < 4.78 is 34.0. The van der Waals surface area contributed by atoms with Gasteiger partial charge in [-0.05, 0) is 61.8 Å². The molecule has 0 amide bonds. The number of sulfonamides is 1. The molecule has 4 nitrogen and oxygen atoms in total. The van der Waals surface area contributed by atoms with E-state index in [9.17, 15) is 8.42 Å². The summed E-state index contributed by atoms with van der Waals surface area (Å²) in [6.07, 6.45) is 3.02. The van der Waals surface area contributed by atoms with Crippen LogP contribution in [0.5, 0.6) is 5.75 Å². The fourth-order valence-electron chi connectivity index (χ4n) is 3.35. The van der Waals surface area contributed by atoms with Gasteiger partial charge in [-0.3, -0.25) is 0 Å². The third-order valence-electron chi connectivity index (χ3n) is 4.77. The van der Waals surface area contributed by atoms with Crippen LogP contribution < -0.4 is 4.74 Å². The maximum absolute atomic E-state index is 13.2. The Balaban J connectivity index is 2.38. The Kier molecular flexibility index (Phi) is 6.32. The van der Waals surface area contributed by atoms with Crippen molar-refractivity contribution in [3.63, 3.8) is 0 Å². The maximum atomic E-state index is 13.2. The van der Waals surface area contributed by atoms with Crippen LogP contribution in [0.1, 0.15) is 51.2 Å². The van der Waals surface area contributed by atoms with Crippen molar-refractivity contribution < 1.29 is 13.2 Å². The molecule has 0 radical (unpaired) electrons. The zero-order valence-electron chi connectivity index (χ0n) is 15.6. The van der Waals surface area contributed by atoms with Crippen LogP contribution in [0.2, 0.25) is 0 Å². The lowest BCUT2D eigenvalue weighted by Gasteiger charge is -2.34. The predicted molar refractivity (Wildman–Crippen MR) is 98.0 cm³/mol. The summed E-state index contributed by atoms with van der Waals surface area (Å²) in [6, 6.07) is 3.64. The number of hydrogen-bond donors (Lipinski definition) is 0. The quantitative estimate of drug-likeness (QED) is 0.722. The Morgan fingerprint density at radius 2 is 1.71 bits per heavy atom. The van der Waals surface area contributed by atoms with E-state index in [1.54, 1.807) is 10.4 Å². The van der Waals surface area contributed by atoms with Gasteiger partial charge in [-0.2, -0.15) is 4.31 Å². The van der Waals surface area contributed by atoms with E-state index in [2.05, 4.69) is 20.8 Å². The van der Waals surface area contributed by atoms with Crippen LogP contribution in [-0.2, 0) is 10.0 Å². The highest BCUT2D eigenvalue weighted by Gasteiger charge is 2.33. The molecule has 0 aromatic heterocycles. The second kappa shape index (κ2) is 7.87. The molecule has 1 saturated heterocycles. The van der Waals surface area contributed by atoms with Crippen molar-refractivity contribution in [3.8, 4) is 5.75 Å². The van der Waals surface area contributed by atoms with E-state index >= 15 is 0 Å². The highest BCUT2D eigenvalue weighted by Crippen LogP contribution is 2.33. The Hall–Kier alpha value is -1.07. The smallest absolute Gasteiger partial charge is 0.246 e. The van der Waals surface area contributed by atoms with Gasteiger partial charge in [0.25, 0.3) is 0 Å². The van der Waals surface area contributed by atoms with Gasteiger partial charge < -0.3 is 4.74 Å². The van der Waals surface area contributed by atoms with Crippen molar-refractivity contribution in [1.29, 1.82) is 0 Å². The van der Waals surface area contributed by atoms with E-state index in [4.69, 9.17) is 4.74 Å². The highest BCUT2D eigenvalue weighted by molar-refractivity contribution is 7.89. The summed E-state index contributed by atoms with van der Waals surface area (Å²) in [5.74, 6) is 1.27. The molecule has 0 bridgehead atoms. The summed E-state index contributed by atoms with van der Waals surface area (Å²) in [6.45, 7) is 12.0. The van der Waals surface area contributed by atoms with E-state index < -0.39 is 10.0 Å². The van der Waals surface area contributed by atoms with Crippen molar-refractivity contribution in [2.24, 2.45) is 11.8 Å². The van der Waals surface area contributed by atoms with Gasteiger partial charge in [0.05, 0.1) is 6.61 Å². The first-order chi connectivity index (χ1) is 11.3. The molecule has 1 heterocycles. The molecular weight excluding hydrogens is 322 g/mol. The van der Waals surface area contributed by atoms with Gasteiger partial charge in [0, 0.05) is 13.1 Å². The van der Waals surface area contributed by atoms with Crippen molar-refractivity contribution in [1.82, 2.24) is 4.31 Å². The average molecular weight is 354 g/mol. The lowest BCUT2D eigenvalue weighted by molar-refractivity contribution is 0.221. The molecule has 1 aromatic carbocycles. The fraction of sp³-hybridized carbons (Fsp3) is 0.684. The second-order valence-corrected chi connectivity index (χ2v) is 9.26. The van der Waals surface area contributed by atoms with Gasteiger partial charge in [-0.15, -0.1) is 0 Å². The van der Waals surface area contributed by atoms with Gasteiger partial charge >= 0.3 is 0 Å². The van der Waals surface area contributed by atoms with E-state index in [0.29, 0.717) is 42.2 Å². The average Bonchev–Trinajstić information content (AvgIpc) is 2.49. The standard InChI is InChI=1S/C19H31NO3S/c1-6-7-8-23-18-10-16(4)17(5)11-19(18)24(21,22)20-12-14(2)9-15(3)13-20/h10-11,14-15H,6-9,12-13H2,1-5H3/t14-,15-/m1/s1. The molecule has 24 heavy (non-hydrogen) atoms. The summed E-state index contributed by atoms with van der Waals surface area (Å²) in [5, 5.41) is 0. The molecule has 1 fully saturated rings. The molecule has 1 aliphatic heterocycles. The monoisotopic (exact) mass is 353 g/mol. The Morgan fingerprint density at radius 1 is 1.12 bits per heavy atom. The number of unbranched alkanes of at least 4 members (excludes halogenated alkanes) is 1. The van der Waals surface area contributed by atoms with E-state index in [0.717, 1.165) is 30.4 Å². The van der Waals surface area contributed by atoms with Crippen LogP contribution in [0.3, 0.4) is 0 Å². The molecular formula is C19H31NO3S. The number of benzene rings is 1. The van der Waals surface area contributed by atoms with Gasteiger partial charge in [-0.25, -0.2) is 8.42 Å². The molecule has 136 valence electrons. The highest BCUT2D eigenvalue weighted by atomic mass is 32.2. The van der Waals surface area contributed by atoms with Crippen LogP contribution in [0.4, 0.5) is 0 Å². The van der Waals surface area contributed by atoms with Crippen molar-refractivity contribution >= 4 is 10.0 Å². The molecule has 2 rings (SSSR count). The predicted octanol–water partition coefficient (Wildman–Crippen LogP) is 4.15. The summed E-state index contributed by atoms with van der Waals surface area (Å²) in [4.78, 5) is 0.322. The lowest BCUT2D eigenvalue weighted by Crippen LogP contribution is -2.42. The third-order valence-corrected chi connectivity index (χ3v) is 6.62. The van der Waals surface area contributed by atoms with E-state index in [1.807, 2.05) is 19.9 Å². The molecule has 0 saturated carbocycles. The number of aryl methyl sites for hydroxylation is 2. The largest absolute Gasteiger partial charge is 0.492 e. The Labute approximate surface area is 147 Å². The zero-order chi connectivity index (χ0) is 17.9. The molecule has 0 N–H and O–H groups in total. The molecule has 1 aliphatic rings. The fourth-order valence-corrected chi connectivity index (χ4v) is 5.22. The molecule has 1 aromatic rings. The zero-order valence-corrected chi connectivity index (χ0v) is 16.4. The number of nitrogens with zero attached hydrogens (tertiary/aromatic N) is 1. The van der Waals surface area contributed by atoms with Gasteiger partial charge in [0.2, 0.25) is 10.0 Å². The summed E-state index contributed by atoms with van der Waals surface area (Å²) in [7, 11) is -3.53. The topological polar surface area (TPSA) is 46.6 Å². The minimum Gasteiger partial charge on any atom is -0.492 e. The van der Waals surface area contributed by atoms with Crippen molar-refractivity contribution in [2.45, 2.75) is 58.8 Å². The summed E-state index contributed by atoms with van der Waals surface area (Å²) in [5.41, 5.74) is 2.04. The molecule has 2 atom stereocenters. The first-order valence-corrected chi connectivity index (χ1v) is 10.4. The number of piperidine rings is 1. The first kappa shape index (κ1) is 19.3. The third kappa shape index (κ3) is 4.31. The molecule has 0 spiro atoms. The van der Waals surface area contributed by atoms with Crippen LogP contribution >= 0.6 is 0 Å². The van der Waals surface area contributed by atoms with Gasteiger partial charge in [-0.1, -0.05) is 27.2 Å². The maximum Gasteiger partial charge on any atom is 0.246 e. The number of ether oxygens (including phenoxy) is 1. The minimum absolute atomic E-state index is 0.322. The second-order valence-electron chi connectivity index (χ2n) is 7.35. The number of rotatable bonds is 6. The van der Waals surface area contributed by atoms with E-state index in [-0.39, 0.29) is 0 Å². The van der Waals surface area contributed by atoms with Crippen LogP contribution in [-0.4, -0.2) is 32.4 Å². The molecule has 5 heteroatoms. The van der Waals surface area contributed by atoms with Gasteiger partial charge in [0.1, 0.15) is 10.6 Å². The number of hydrogen-bond acceptors (Lipinski definition) is 3. The Morgan fingerprint density at radius 3 is 2.29 bits per heavy atom. The molecule has 0 aliphatic carbocycles.